The first-order chi connectivity index (χ1) is 14.2. The van der Waals surface area contributed by atoms with Crippen molar-refractivity contribution in [1.29, 1.82) is 0 Å². The highest BCUT2D eigenvalue weighted by atomic mass is 35.5. The molecule has 2 aromatic carbocycles. The number of rotatable bonds is 7. The zero-order chi connectivity index (χ0) is 20.1. The lowest BCUT2D eigenvalue weighted by Crippen LogP contribution is -2.34. The van der Waals surface area contributed by atoms with Crippen molar-refractivity contribution in [2.24, 2.45) is 13.0 Å². The third-order valence-electron chi connectivity index (χ3n) is 5.31. The Kier molecular flexibility index (Phi) is 7.49. The Morgan fingerprint density at radius 3 is 2.73 bits per heavy atom. The van der Waals surface area contributed by atoms with Crippen molar-refractivity contribution in [3.05, 3.63) is 83.7 Å². The van der Waals surface area contributed by atoms with Gasteiger partial charge in [-0.3, -0.25) is 9.48 Å². The monoisotopic (exact) mass is 426 g/mol. The molecule has 2 heterocycles. The predicted octanol–water partition coefficient (Wildman–Crippen LogP) is 3.04. The number of hydrogen-bond donors (Lipinski definition) is 2. The van der Waals surface area contributed by atoms with Gasteiger partial charge in [-0.2, -0.15) is 5.10 Å². The van der Waals surface area contributed by atoms with E-state index < -0.39 is 0 Å². The normalized spacial score (nSPS) is 17.9. The summed E-state index contributed by atoms with van der Waals surface area (Å²) in [6, 6.07) is 17.9. The van der Waals surface area contributed by atoms with Crippen LogP contribution in [0.5, 0.6) is 5.75 Å². The van der Waals surface area contributed by atoms with E-state index in [1.54, 1.807) is 4.68 Å². The summed E-state index contributed by atoms with van der Waals surface area (Å²) >= 11 is 0. The van der Waals surface area contributed by atoms with E-state index in [4.69, 9.17) is 4.74 Å². The number of amides is 1. The average molecular weight is 427 g/mol. The zero-order valence-electron chi connectivity index (χ0n) is 17.0. The van der Waals surface area contributed by atoms with Gasteiger partial charge in [-0.25, -0.2) is 0 Å². The third kappa shape index (κ3) is 5.40. The minimum absolute atomic E-state index is 0. The molecule has 1 saturated heterocycles. The molecule has 1 aromatic heterocycles. The molecule has 0 unspecified atom stereocenters. The molecule has 0 radical (unpaired) electrons. The summed E-state index contributed by atoms with van der Waals surface area (Å²) in [6.45, 7) is 2.50. The van der Waals surface area contributed by atoms with E-state index in [0.717, 1.165) is 29.0 Å². The Labute approximate surface area is 183 Å². The highest BCUT2D eigenvalue weighted by molar-refractivity contribution is 5.85. The van der Waals surface area contributed by atoms with Crippen LogP contribution in [-0.4, -0.2) is 28.8 Å². The van der Waals surface area contributed by atoms with Crippen molar-refractivity contribution in [3.8, 4) is 5.75 Å². The molecular weight excluding hydrogens is 400 g/mol. The number of carbonyl (C=O) groups excluding carboxylic acids is 1. The van der Waals surface area contributed by atoms with Crippen LogP contribution >= 0.6 is 12.4 Å². The summed E-state index contributed by atoms with van der Waals surface area (Å²) in [5.41, 5.74) is 3.26. The number of para-hydroxylation sites is 1. The van der Waals surface area contributed by atoms with E-state index >= 15 is 0 Å². The van der Waals surface area contributed by atoms with Crippen LogP contribution in [0.2, 0.25) is 0 Å². The van der Waals surface area contributed by atoms with E-state index in [1.807, 2.05) is 68.0 Å². The molecule has 158 valence electrons. The Balaban J connectivity index is 0.00000256. The van der Waals surface area contributed by atoms with Crippen LogP contribution in [0, 0.1) is 5.92 Å². The summed E-state index contributed by atoms with van der Waals surface area (Å²) in [5, 5.41) is 10.7. The number of benzene rings is 2. The predicted molar refractivity (Wildman–Crippen MR) is 119 cm³/mol. The molecule has 0 saturated carbocycles. The molecule has 2 N–H and O–H groups in total. The second-order valence-electron chi connectivity index (χ2n) is 7.46. The van der Waals surface area contributed by atoms with Crippen LogP contribution < -0.4 is 15.4 Å². The van der Waals surface area contributed by atoms with Gasteiger partial charge in [0.25, 0.3) is 0 Å². The van der Waals surface area contributed by atoms with Gasteiger partial charge >= 0.3 is 0 Å². The third-order valence-corrected chi connectivity index (χ3v) is 5.31. The van der Waals surface area contributed by atoms with Gasteiger partial charge in [0.2, 0.25) is 5.91 Å². The van der Waals surface area contributed by atoms with Gasteiger partial charge in [0.1, 0.15) is 12.4 Å². The van der Waals surface area contributed by atoms with Gasteiger partial charge in [0, 0.05) is 38.8 Å². The topological polar surface area (TPSA) is 68.2 Å². The van der Waals surface area contributed by atoms with E-state index in [-0.39, 0.29) is 30.2 Å². The van der Waals surface area contributed by atoms with Crippen molar-refractivity contribution in [1.82, 2.24) is 20.4 Å². The number of hydrogen-bond acceptors (Lipinski definition) is 4. The van der Waals surface area contributed by atoms with Gasteiger partial charge < -0.3 is 15.4 Å². The minimum atomic E-state index is -0.0798. The Hall–Kier alpha value is -2.83. The first-order valence-electron chi connectivity index (χ1n) is 9.91. The van der Waals surface area contributed by atoms with Crippen LogP contribution in [0.1, 0.15) is 22.6 Å². The molecule has 30 heavy (non-hydrogen) atoms. The number of halogens is 1. The number of carbonyl (C=O) groups is 1. The number of aryl methyl sites for hydroxylation is 1. The smallest absolute Gasteiger partial charge is 0.225 e. The largest absolute Gasteiger partial charge is 0.489 e. The molecule has 1 aliphatic heterocycles. The van der Waals surface area contributed by atoms with Crippen LogP contribution in [0.25, 0.3) is 0 Å². The molecule has 1 aliphatic rings. The number of aromatic nitrogens is 2. The van der Waals surface area contributed by atoms with E-state index in [0.29, 0.717) is 19.7 Å². The summed E-state index contributed by atoms with van der Waals surface area (Å²) < 4.78 is 7.60. The van der Waals surface area contributed by atoms with Gasteiger partial charge in [-0.15, -0.1) is 12.4 Å². The molecule has 0 spiro atoms. The fourth-order valence-corrected chi connectivity index (χ4v) is 3.77. The lowest BCUT2D eigenvalue weighted by atomic mass is 9.90. The van der Waals surface area contributed by atoms with Gasteiger partial charge in [-0.05, 0) is 28.8 Å². The van der Waals surface area contributed by atoms with Crippen molar-refractivity contribution in [3.63, 3.8) is 0 Å². The summed E-state index contributed by atoms with van der Waals surface area (Å²) in [6.07, 6.45) is 3.85. The van der Waals surface area contributed by atoms with E-state index in [2.05, 4.69) is 21.8 Å². The van der Waals surface area contributed by atoms with E-state index in [9.17, 15) is 4.79 Å². The summed E-state index contributed by atoms with van der Waals surface area (Å²) in [5.74, 6) is 1.01. The van der Waals surface area contributed by atoms with Crippen LogP contribution in [-0.2, 0) is 25.0 Å². The maximum absolute atomic E-state index is 12.8. The number of ether oxygens (including phenoxy) is 1. The molecule has 2 atom stereocenters. The van der Waals surface area contributed by atoms with Gasteiger partial charge in [0.05, 0.1) is 12.1 Å². The second-order valence-corrected chi connectivity index (χ2v) is 7.46. The van der Waals surface area contributed by atoms with Crippen LogP contribution in [0.4, 0.5) is 0 Å². The van der Waals surface area contributed by atoms with Gasteiger partial charge in [0.15, 0.2) is 0 Å². The Morgan fingerprint density at radius 2 is 1.97 bits per heavy atom. The first-order valence-corrected chi connectivity index (χ1v) is 9.91. The Morgan fingerprint density at radius 1 is 1.17 bits per heavy atom. The molecule has 7 heteroatoms. The highest BCUT2D eigenvalue weighted by Crippen LogP contribution is 2.28. The summed E-state index contributed by atoms with van der Waals surface area (Å²) in [4.78, 5) is 12.8. The fourth-order valence-electron chi connectivity index (χ4n) is 3.77. The molecule has 6 nitrogen and oxygen atoms in total. The number of nitrogens with zero attached hydrogens (tertiary/aromatic N) is 2. The van der Waals surface area contributed by atoms with Crippen molar-refractivity contribution in [2.75, 3.05) is 13.1 Å². The molecule has 1 fully saturated rings. The maximum atomic E-state index is 12.8. The fraction of sp³-hybridized carbons (Fsp3) is 0.304. The van der Waals surface area contributed by atoms with E-state index in [1.165, 1.54) is 0 Å². The molecule has 1 amide bonds. The lowest BCUT2D eigenvalue weighted by Gasteiger charge is -2.17. The Bertz CT molecular complexity index is 961. The molecule has 0 aliphatic carbocycles. The lowest BCUT2D eigenvalue weighted by molar-refractivity contribution is -0.125. The van der Waals surface area contributed by atoms with Crippen LogP contribution in [0.15, 0.2) is 67.0 Å². The SMILES string of the molecule is Cl.Cn1cc([C@H]2CNC[C@@H]2C(=O)NCc2cccc(COc3ccccc3)c2)cn1. The molecular formula is C23H27ClN4O2. The van der Waals surface area contributed by atoms with Crippen LogP contribution in [0.3, 0.4) is 0 Å². The molecule has 0 bridgehead atoms. The maximum Gasteiger partial charge on any atom is 0.225 e. The van der Waals surface area contributed by atoms with Crippen molar-refractivity contribution >= 4 is 18.3 Å². The zero-order valence-corrected chi connectivity index (χ0v) is 17.8. The van der Waals surface area contributed by atoms with Crippen molar-refractivity contribution < 1.29 is 9.53 Å². The standard InChI is InChI=1S/C23H26N4O2.ClH/c1-27-15-19(12-26-27)21-13-24-14-22(21)23(28)25-11-17-6-5-7-18(10-17)16-29-20-8-3-2-4-9-20;/h2-10,12,15,21-22,24H,11,13-14,16H2,1H3,(H,25,28);1H/t21-,22+;/m1./s1. The summed E-state index contributed by atoms with van der Waals surface area (Å²) in [7, 11) is 1.90. The first kappa shape index (κ1) is 21.9. The highest BCUT2D eigenvalue weighted by Gasteiger charge is 2.34. The average Bonchev–Trinajstić information content (AvgIpc) is 3.40. The van der Waals surface area contributed by atoms with Crippen molar-refractivity contribution in [2.45, 2.75) is 19.1 Å². The number of nitrogens with one attached hydrogen (secondary N) is 2. The van der Waals surface area contributed by atoms with Gasteiger partial charge in [-0.1, -0.05) is 42.5 Å². The molecule has 4 rings (SSSR count). The second kappa shape index (κ2) is 10.3. The molecule has 3 aromatic rings. The quantitative estimate of drug-likeness (QED) is 0.609. The minimum Gasteiger partial charge on any atom is -0.489 e.